The second-order valence-corrected chi connectivity index (χ2v) is 7.63. The van der Waals surface area contributed by atoms with Gasteiger partial charge in [-0.15, -0.1) is 0 Å². The fourth-order valence-electron chi connectivity index (χ4n) is 4.14. The summed E-state index contributed by atoms with van der Waals surface area (Å²) in [6.45, 7) is 3.17. The van der Waals surface area contributed by atoms with Gasteiger partial charge in [-0.05, 0) is 30.0 Å². The summed E-state index contributed by atoms with van der Waals surface area (Å²) in [7, 11) is 0. The topological polar surface area (TPSA) is 85.5 Å². The molecule has 1 aromatic carbocycles. The highest BCUT2D eigenvalue weighted by atomic mass is 19.1. The van der Waals surface area contributed by atoms with Crippen molar-refractivity contribution in [1.29, 1.82) is 5.26 Å². The normalized spacial score (nSPS) is 23.5. The smallest absolute Gasteiger partial charge is 0.246 e. The molecule has 1 amide bonds. The summed E-state index contributed by atoms with van der Waals surface area (Å²) in [5.74, 6) is -1.10. The fourth-order valence-corrected chi connectivity index (χ4v) is 4.14. The first-order valence-corrected chi connectivity index (χ1v) is 9.75. The molecule has 154 valence electrons. The predicted octanol–water partition coefficient (Wildman–Crippen LogP) is 3.05. The standard InChI is InChI=1S/C21H20F2N6O/c1-13-11-28(20-9-17(10-24)25-12-26-20)5-3-18(13)21(30)29-19(2-4-27-29)14-6-15(22)8-16(23)7-14/h4,6-9,12-13,18-19H,2-3,5,11H2,1H3/t13-,18-,19+/m0/s1. The number of nitrogens with zero attached hydrogens (tertiary/aromatic N) is 6. The molecule has 0 N–H and O–H groups in total. The Hall–Kier alpha value is -3.41. The van der Waals surface area contributed by atoms with Crippen LogP contribution >= 0.6 is 0 Å². The number of anilines is 1. The van der Waals surface area contributed by atoms with Crippen molar-refractivity contribution in [2.75, 3.05) is 18.0 Å². The molecule has 0 spiro atoms. The highest BCUT2D eigenvalue weighted by Gasteiger charge is 2.38. The number of piperidine rings is 1. The molecule has 4 rings (SSSR count). The molecule has 2 aromatic rings. The number of amides is 1. The Balaban J connectivity index is 1.48. The fraction of sp³-hybridized carbons (Fsp3) is 0.381. The minimum Gasteiger partial charge on any atom is -0.356 e. The average molecular weight is 410 g/mol. The molecule has 0 unspecified atom stereocenters. The number of aromatic nitrogens is 2. The van der Waals surface area contributed by atoms with Gasteiger partial charge in [0.1, 0.15) is 35.5 Å². The van der Waals surface area contributed by atoms with Gasteiger partial charge in [0.2, 0.25) is 5.91 Å². The maximum absolute atomic E-state index is 13.7. The van der Waals surface area contributed by atoms with Crippen molar-refractivity contribution in [3.8, 4) is 6.07 Å². The molecule has 3 atom stereocenters. The Bertz CT molecular complexity index is 1020. The zero-order valence-electron chi connectivity index (χ0n) is 16.4. The first-order valence-electron chi connectivity index (χ1n) is 9.75. The maximum atomic E-state index is 13.7. The summed E-state index contributed by atoms with van der Waals surface area (Å²) in [5.41, 5.74) is 0.691. The van der Waals surface area contributed by atoms with E-state index in [1.807, 2.05) is 17.9 Å². The second kappa shape index (κ2) is 8.14. The molecule has 1 saturated heterocycles. The SMILES string of the molecule is C[C@H]1CN(c2cc(C#N)ncn2)CC[C@@H]1C(=O)N1N=CC[C@@H]1c1cc(F)cc(F)c1. The number of carbonyl (C=O) groups is 1. The molecule has 0 bridgehead atoms. The molecular formula is C21H20F2N6O. The number of nitriles is 1. The van der Waals surface area contributed by atoms with Crippen molar-refractivity contribution in [2.45, 2.75) is 25.8 Å². The van der Waals surface area contributed by atoms with Crippen LogP contribution < -0.4 is 4.90 Å². The molecule has 2 aliphatic rings. The van der Waals surface area contributed by atoms with Gasteiger partial charge in [0, 0.05) is 43.8 Å². The summed E-state index contributed by atoms with van der Waals surface area (Å²) < 4.78 is 27.3. The third kappa shape index (κ3) is 3.85. The lowest BCUT2D eigenvalue weighted by molar-refractivity contribution is -0.139. The quantitative estimate of drug-likeness (QED) is 0.776. The van der Waals surface area contributed by atoms with Crippen LogP contribution in [-0.4, -0.2) is 40.2 Å². The van der Waals surface area contributed by atoms with Crippen molar-refractivity contribution in [1.82, 2.24) is 15.0 Å². The third-order valence-electron chi connectivity index (χ3n) is 5.64. The van der Waals surface area contributed by atoms with Gasteiger partial charge in [0.15, 0.2) is 0 Å². The van der Waals surface area contributed by atoms with Crippen molar-refractivity contribution in [2.24, 2.45) is 16.9 Å². The number of hydrazone groups is 1. The molecule has 2 aliphatic heterocycles. The van der Waals surface area contributed by atoms with Crippen LogP contribution in [0.25, 0.3) is 0 Å². The van der Waals surface area contributed by atoms with Crippen LogP contribution in [0.1, 0.15) is 37.1 Å². The van der Waals surface area contributed by atoms with E-state index >= 15 is 0 Å². The van der Waals surface area contributed by atoms with Crippen LogP contribution in [0.5, 0.6) is 0 Å². The Kier molecular flexibility index (Phi) is 5.40. The van der Waals surface area contributed by atoms with E-state index in [2.05, 4.69) is 15.1 Å². The molecule has 0 aliphatic carbocycles. The van der Waals surface area contributed by atoms with Crippen molar-refractivity contribution < 1.29 is 13.6 Å². The summed E-state index contributed by atoms with van der Waals surface area (Å²) in [6.07, 6.45) is 3.97. The molecule has 0 radical (unpaired) electrons. The Labute approximate surface area is 172 Å². The molecule has 30 heavy (non-hydrogen) atoms. The molecule has 7 nitrogen and oxygen atoms in total. The average Bonchev–Trinajstić information content (AvgIpc) is 3.22. The lowest BCUT2D eigenvalue weighted by Gasteiger charge is -2.38. The highest BCUT2D eigenvalue weighted by molar-refractivity contribution is 5.82. The maximum Gasteiger partial charge on any atom is 0.246 e. The summed E-state index contributed by atoms with van der Waals surface area (Å²) in [5, 5.41) is 14.6. The number of rotatable bonds is 3. The first-order chi connectivity index (χ1) is 14.5. The molecule has 9 heteroatoms. The van der Waals surface area contributed by atoms with Crippen LogP contribution in [0.2, 0.25) is 0 Å². The van der Waals surface area contributed by atoms with E-state index in [1.54, 1.807) is 12.3 Å². The van der Waals surface area contributed by atoms with E-state index in [-0.39, 0.29) is 17.7 Å². The van der Waals surface area contributed by atoms with Gasteiger partial charge < -0.3 is 4.90 Å². The number of carbonyl (C=O) groups excluding carboxylic acids is 1. The summed E-state index contributed by atoms with van der Waals surface area (Å²) in [4.78, 5) is 23.4. The Morgan fingerprint density at radius 3 is 2.67 bits per heavy atom. The van der Waals surface area contributed by atoms with Gasteiger partial charge in [0.05, 0.1) is 6.04 Å². The minimum atomic E-state index is -0.674. The van der Waals surface area contributed by atoms with Gasteiger partial charge in [-0.25, -0.2) is 23.8 Å². The van der Waals surface area contributed by atoms with Crippen LogP contribution in [0.3, 0.4) is 0 Å². The zero-order valence-corrected chi connectivity index (χ0v) is 16.4. The number of hydrogen-bond acceptors (Lipinski definition) is 6. The lowest BCUT2D eigenvalue weighted by atomic mass is 9.85. The van der Waals surface area contributed by atoms with Crippen LogP contribution in [-0.2, 0) is 4.79 Å². The third-order valence-corrected chi connectivity index (χ3v) is 5.64. The van der Waals surface area contributed by atoms with Gasteiger partial charge in [-0.1, -0.05) is 6.92 Å². The van der Waals surface area contributed by atoms with Gasteiger partial charge >= 0.3 is 0 Å². The van der Waals surface area contributed by atoms with Gasteiger partial charge in [-0.2, -0.15) is 10.4 Å². The Morgan fingerprint density at radius 1 is 1.20 bits per heavy atom. The van der Waals surface area contributed by atoms with Crippen LogP contribution in [0.15, 0.2) is 35.7 Å². The van der Waals surface area contributed by atoms with E-state index in [0.29, 0.717) is 43.0 Å². The minimum absolute atomic E-state index is 0.00689. The van der Waals surface area contributed by atoms with Crippen molar-refractivity contribution >= 4 is 17.9 Å². The van der Waals surface area contributed by atoms with E-state index in [4.69, 9.17) is 5.26 Å². The Morgan fingerprint density at radius 2 is 1.97 bits per heavy atom. The number of benzene rings is 1. The monoisotopic (exact) mass is 410 g/mol. The van der Waals surface area contributed by atoms with E-state index in [0.717, 1.165) is 6.07 Å². The second-order valence-electron chi connectivity index (χ2n) is 7.63. The van der Waals surface area contributed by atoms with Crippen LogP contribution in [0, 0.1) is 34.8 Å². The largest absolute Gasteiger partial charge is 0.356 e. The number of halogens is 2. The molecule has 1 fully saturated rings. The molecule has 1 aromatic heterocycles. The highest BCUT2D eigenvalue weighted by Crippen LogP contribution is 2.34. The summed E-state index contributed by atoms with van der Waals surface area (Å²) in [6, 6.07) is 6.44. The van der Waals surface area contributed by atoms with E-state index in [1.165, 1.54) is 23.5 Å². The van der Waals surface area contributed by atoms with Gasteiger partial charge in [0.25, 0.3) is 0 Å². The summed E-state index contributed by atoms with van der Waals surface area (Å²) >= 11 is 0. The zero-order chi connectivity index (χ0) is 21.3. The molecular weight excluding hydrogens is 390 g/mol. The van der Waals surface area contributed by atoms with E-state index in [9.17, 15) is 13.6 Å². The first kappa shape index (κ1) is 19.9. The van der Waals surface area contributed by atoms with Crippen molar-refractivity contribution in [3.63, 3.8) is 0 Å². The predicted molar refractivity (Wildman–Crippen MR) is 105 cm³/mol. The lowest BCUT2D eigenvalue weighted by Crippen LogP contribution is -2.46. The van der Waals surface area contributed by atoms with Crippen LogP contribution in [0.4, 0.5) is 14.6 Å². The van der Waals surface area contributed by atoms with E-state index < -0.39 is 17.7 Å². The number of hydrogen-bond donors (Lipinski definition) is 0. The molecule has 0 saturated carbocycles. The van der Waals surface area contributed by atoms with Crippen molar-refractivity contribution in [3.05, 3.63) is 53.5 Å². The van der Waals surface area contributed by atoms with Gasteiger partial charge in [-0.3, -0.25) is 4.79 Å². The molecule has 3 heterocycles.